The van der Waals surface area contributed by atoms with Crippen molar-refractivity contribution in [3.05, 3.63) is 29.8 Å². The summed E-state index contributed by atoms with van der Waals surface area (Å²) in [7, 11) is 0. The molecular formula is C14H22N2OS. The van der Waals surface area contributed by atoms with Crippen molar-refractivity contribution in [3.63, 3.8) is 0 Å². The molecule has 0 radical (unpaired) electrons. The lowest BCUT2D eigenvalue weighted by Gasteiger charge is -2.24. The first-order valence-corrected chi connectivity index (χ1v) is 7.78. The third-order valence-corrected chi connectivity index (χ3v) is 4.52. The molecule has 1 aromatic carbocycles. The SMILES string of the molecule is CCCOc1ccccc1C(NN)C1CCSC1. The lowest BCUT2D eigenvalue weighted by molar-refractivity contribution is 0.302. The van der Waals surface area contributed by atoms with Gasteiger partial charge in [-0.15, -0.1) is 0 Å². The Hall–Kier alpha value is -0.710. The molecule has 1 aromatic rings. The first kappa shape index (κ1) is 13.7. The van der Waals surface area contributed by atoms with Crippen molar-refractivity contribution in [1.82, 2.24) is 5.43 Å². The Balaban J connectivity index is 2.17. The molecule has 0 aromatic heterocycles. The van der Waals surface area contributed by atoms with Gasteiger partial charge in [0.05, 0.1) is 12.6 Å². The van der Waals surface area contributed by atoms with Gasteiger partial charge in [0.1, 0.15) is 5.75 Å². The largest absolute Gasteiger partial charge is 0.493 e. The molecule has 100 valence electrons. The molecule has 1 heterocycles. The van der Waals surface area contributed by atoms with Crippen molar-refractivity contribution in [3.8, 4) is 5.75 Å². The second-order valence-corrected chi connectivity index (χ2v) is 5.80. The van der Waals surface area contributed by atoms with E-state index in [9.17, 15) is 0 Å². The van der Waals surface area contributed by atoms with Crippen LogP contribution in [-0.2, 0) is 0 Å². The number of nitrogens with two attached hydrogens (primary N) is 1. The minimum Gasteiger partial charge on any atom is -0.493 e. The quantitative estimate of drug-likeness (QED) is 0.614. The number of para-hydroxylation sites is 1. The van der Waals surface area contributed by atoms with E-state index in [0.717, 1.165) is 18.8 Å². The summed E-state index contributed by atoms with van der Waals surface area (Å²) in [6, 6.07) is 8.44. The molecular weight excluding hydrogens is 244 g/mol. The van der Waals surface area contributed by atoms with Crippen molar-refractivity contribution in [2.75, 3.05) is 18.1 Å². The molecule has 1 aliphatic rings. The molecule has 3 nitrogen and oxygen atoms in total. The van der Waals surface area contributed by atoms with E-state index >= 15 is 0 Å². The smallest absolute Gasteiger partial charge is 0.124 e. The van der Waals surface area contributed by atoms with Crippen molar-refractivity contribution >= 4 is 11.8 Å². The fourth-order valence-electron chi connectivity index (χ4n) is 2.38. The van der Waals surface area contributed by atoms with Gasteiger partial charge < -0.3 is 4.74 Å². The Morgan fingerprint density at radius 2 is 2.33 bits per heavy atom. The number of thioether (sulfide) groups is 1. The van der Waals surface area contributed by atoms with Crippen LogP contribution in [0.1, 0.15) is 31.4 Å². The molecule has 0 saturated carbocycles. The van der Waals surface area contributed by atoms with Crippen LogP contribution in [0, 0.1) is 5.92 Å². The van der Waals surface area contributed by atoms with E-state index in [-0.39, 0.29) is 6.04 Å². The standard InChI is InChI=1S/C14H22N2OS/c1-2-8-17-13-6-4-3-5-12(13)14(16-15)11-7-9-18-10-11/h3-6,11,14,16H,2,7-10,15H2,1H3. The first-order valence-electron chi connectivity index (χ1n) is 6.62. The van der Waals surface area contributed by atoms with Crippen LogP contribution in [-0.4, -0.2) is 18.1 Å². The fraction of sp³-hybridized carbons (Fsp3) is 0.571. The predicted molar refractivity (Wildman–Crippen MR) is 77.7 cm³/mol. The van der Waals surface area contributed by atoms with Crippen LogP contribution >= 0.6 is 11.8 Å². The minimum absolute atomic E-state index is 0.202. The van der Waals surface area contributed by atoms with E-state index in [1.807, 2.05) is 23.9 Å². The zero-order valence-corrected chi connectivity index (χ0v) is 11.7. The lowest BCUT2D eigenvalue weighted by Crippen LogP contribution is -2.34. The molecule has 0 bridgehead atoms. The lowest BCUT2D eigenvalue weighted by atomic mass is 9.92. The molecule has 1 saturated heterocycles. The normalized spacial score (nSPS) is 20.9. The second kappa shape index (κ2) is 7.02. The number of rotatable bonds is 6. The summed E-state index contributed by atoms with van der Waals surface area (Å²) in [4.78, 5) is 0. The van der Waals surface area contributed by atoms with Crippen LogP contribution in [0.15, 0.2) is 24.3 Å². The Morgan fingerprint density at radius 3 is 3.00 bits per heavy atom. The number of benzene rings is 1. The first-order chi connectivity index (χ1) is 8.86. The maximum absolute atomic E-state index is 5.83. The van der Waals surface area contributed by atoms with Gasteiger partial charge >= 0.3 is 0 Å². The fourth-order valence-corrected chi connectivity index (χ4v) is 3.67. The van der Waals surface area contributed by atoms with E-state index in [4.69, 9.17) is 10.6 Å². The second-order valence-electron chi connectivity index (χ2n) is 4.65. The van der Waals surface area contributed by atoms with Gasteiger partial charge in [0.15, 0.2) is 0 Å². The summed E-state index contributed by atoms with van der Waals surface area (Å²) in [6.07, 6.45) is 2.25. The molecule has 2 rings (SSSR count). The van der Waals surface area contributed by atoms with E-state index in [1.165, 1.54) is 23.5 Å². The van der Waals surface area contributed by atoms with E-state index in [1.54, 1.807) is 0 Å². The topological polar surface area (TPSA) is 47.3 Å². The van der Waals surface area contributed by atoms with Crippen molar-refractivity contribution in [2.24, 2.45) is 11.8 Å². The number of hydrazine groups is 1. The molecule has 3 N–H and O–H groups in total. The molecule has 2 atom stereocenters. The third-order valence-electron chi connectivity index (χ3n) is 3.33. The molecule has 18 heavy (non-hydrogen) atoms. The van der Waals surface area contributed by atoms with Crippen LogP contribution in [0.5, 0.6) is 5.75 Å². The Bertz CT molecular complexity index is 367. The summed E-state index contributed by atoms with van der Waals surface area (Å²) < 4.78 is 5.83. The summed E-state index contributed by atoms with van der Waals surface area (Å²) in [5, 5.41) is 0. The van der Waals surface area contributed by atoms with Gasteiger partial charge in [-0.1, -0.05) is 25.1 Å². The molecule has 0 aliphatic carbocycles. The molecule has 2 unspecified atom stereocenters. The Kier molecular flexibility index (Phi) is 5.35. The van der Waals surface area contributed by atoms with Gasteiger partial charge in [-0.3, -0.25) is 11.3 Å². The van der Waals surface area contributed by atoms with Crippen LogP contribution in [0.4, 0.5) is 0 Å². The van der Waals surface area contributed by atoms with Gasteiger partial charge in [0.25, 0.3) is 0 Å². The van der Waals surface area contributed by atoms with E-state index in [2.05, 4.69) is 24.5 Å². The molecule has 0 spiro atoms. The maximum Gasteiger partial charge on any atom is 0.124 e. The highest BCUT2D eigenvalue weighted by Gasteiger charge is 2.27. The molecule has 4 heteroatoms. The average Bonchev–Trinajstić information content (AvgIpc) is 2.92. The maximum atomic E-state index is 5.83. The highest BCUT2D eigenvalue weighted by Crippen LogP contribution is 2.37. The van der Waals surface area contributed by atoms with E-state index in [0.29, 0.717) is 5.92 Å². The van der Waals surface area contributed by atoms with Crippen LogP contribution in [0.2, 0.25) is 0 Å². The molecule has 0 amide bonds. The van der Waals surface area contributed by atoms with Crippen LogP contribution in [0.3, 0.4) is 0 Å². The average molecular weight is 266 g/mol. The van der Waals surface area contributed by atoms with Gasteiger partial charge in [-0.2, -0.15) is 11.8 Å². The van der Waals surface area contributed by atoms with Crippen molar-refractivity contribution in [2.45, 2.75) is 25.8 Å². The third kappa shape index (κ3) is 3.19. The Labute approximate surface area is 113 Å². The highest BCUT2D eigenvalue weighted by atomic mass is 32.2. The van der Waals surface area contributed by atoms with Crippen LogP contribution < -0.4 is 16.0 Å². The monoisotopic (exact) mass is 266 g/mol. The van der Waals surface area contributed by atoms with Gasteiger partial charge in [0.2, 0.25) is 0 Å². The van der Waals surface area contributed by atoms with Gasteiger partial charge in [-0.25, -0.2) is 0 Å². The Morgan fingerprint density at radius 1 is 1.50 bits per heavy atom. The summed E-state index contributed by atoms with van der Waals surface area (Å²) in [6.45, 7) is 2.88. The van der Waals surface area contributed by atoms with Gasteiger partial charge in [0, 0.05) is 5.56 Å². The number of hydrogen-bond acceptors (Lipinski definition) is 4. The number of nitrogens with one attached hydrogen (secondary N) is 1. The highest BCUT2D eigenvalue weighted by molar-refractivity contribution is 7.99. The number of hydrogen-bond donors (Lipinski definition) is 2. The zero-order chi connectivity index (χ0) is 12.8. The van der Waals surface area contributed by atoms with Crippen molar-refractivity contribution in [1.29, 1.82) is 0 Å². The summed E-state index contributed by atoms with van der Waals surface area (Å²) in [5.41, 5.74) is 4.18. The zero-order valence-electron chi connectivity index (χ0n) is 10.9. The summed E-state index contributed by atoms with van der Waals surface area (Å²) >= 11 is 2.01. The van der Waals surface area contributed by atoms with Gasteiger partial charge in [-0.05, 0) is 36.3 Å². The molecule has 1 fully saturated rings. The van der Waals surface area contributed by atoms with Crippen molar-refractivity contribution < 1.29 is 4.74 Å². The summed E-state index contributed by atoms with van der Waals surface area (Å²) in [5.74, 6) is 9.76. The predicted octanol–water partition coefficient (Wildman–Crippen LogP) is 2.73. The van der Waals surface area contributed by atoms with E-state index < -0.39 is 0 Å². The van der Waals surface area contributed by atoms with Crippen LogP contribution in [0.25, 0.3) is 0 Å². The molecule has 1 aliphatic heterocycles. The minimum atomic E-state index is 0.202. The number of ether oxygens (including phenoxy) is 1.